The van der Waals surface area contributed by atoms with E-state index in [0.717, 1.165) is 42.0 Å². The Kier molecular flexibility index (Phi) is 7.66. The number of carboxylic acid groups (broad SMARTS) is 1. The second-order valence-corrected chi connectivity index (χ2v) is 14.4. The monoisotopic (exact) mass is 659 g/mol. The van der Waals surface area contributed by atoms with E-state index >= 15 is 0 Å². The van der Waals surface area contributed by atoms with Crippen molar-refractivity contribution in [1.29, 1.82) is 0 Å². The van der Waals surface area contributed by atoms with Crippen LogP contribution in [0, 0.1) is 11.8 Å². The first kappa shape index (κ1) is 30.6. The summed E-state index contributed by atoms with van der Waals surface area (Å²) in [6.07, 6.45) is 1.48. The Balaban J connectivity index is 1.09. The molecule has 2 saturated heterocycles. The van der Waals surface area contributed by atoms with Gasteiger partial charge in [-0.25, -0.2) is 0 Å². The largest absolute Gasteiger partial charge is 0.489 e. The van der Waals surface area contributed by atoms with Crippen LogP contribution in [0.3, 0.4) is 0 Å². The van der Waals surface area contributed by atoms with Crippen molar-refractivity contribution in [3.63, 3.8) is 0 Å². The minimum absolute atomic E-state index is 0.0819. The molecule has 0 amide bonds. The number of halogens is 4. The lowest BCUT2D eigenvalue weighted by atomic mass is 9.87. The molecule has 4 aromatic carbocycles. The van der Waals surface area contributed by atoms with Gasteiger partial charge in [-0.15, -0.1) is 0 Å². The van der Waals surface area contributed by atoms with Crippen molar-refractivity contribution in [3.8, 4) is 16.9 Å². The van der Waals surface area contributed by atoms with Crippen LogP contribution in [-0.2, 0) is 17.6 Å². The summed E-state index contributed by atoms with van der Waals surface area (Å²) in [4.78, 5) is 14.6. The minimum Gasteiger partial charge on any atom is -0.489 e. The highest BCUT2D eigenvalue weighted by Crippen LogP contribution is 2.50. The summed E-state index contributed by atoms with van der Waals surface area (Å²) < 4.78 is 45.5. The lowest BCUT2D eigenvalue weighted by Crippen LogP contribution is -2.45. The van der Waals surface area contributed by atoms with E-state index in [1.165, 1.54) is 33.5 Å². The third-order valence-corrected chi connectivity index (χ3v) is 11.6. The zero-order chi connectivity index (χ0) is 32.4. The van der Waals surface area contributed by atoms with Gasteiger partial charge < -0.3 is 14.7 Å². The van der Waals surface area contributed by atoms with Gasteiger partial charge in [0.15, 0.2) is 0 Å². The number of hydrogen-bond donors (Lipinski definition) is 1. The van der Waals surface area contributed by atoms with E-state index in [2.05, 4.69) is 53.4 Å². The molecule has 2 unspecified atom stereocenters. The summed E-state index contributed by atoms with van der Waals surface area (Å²) in [5, 5.41) is 12.2. The number of ether oxygens (including phenoxy) is 1. The molecule has 4 aromatic rings. The number of piperidine rings is 1. The normalized spacial score (nSPS) is 25.1. The quantitative estimate of drug-likeness (QED) is 0.197. The molecule has 47 heavy (non-hydrogen) atoms. The van der Waals surface area contributed by atoms with Crippen LogP contribution in [0.4, 0.5) is 18.9 Å². The summed E-state index contributed by atoms with van der Waals surface area (Å²) in [5.41, 5.74) is 8.94. The Labute approximate surface area is 277 Å². The average Bonchev–Trinajstić information content (AvgIpc) is 3.54. The van der Waals surface area contributed by atoms with Crippen molar-refractivity contribution >= 4 is 34.0 Å². The maximum Gasteiger partial charge on any atom is 0.391 e. The molecule has 0 aromatic heterocycles. The maximum absolute atomic E-state index is 13.1. The van der Waals surface area contributed by atoms with Crippen molar-refractivity contribution in [2.45, 2.75) is 88.6 Å². The molecule has 0 spiro atoms. The first-order valence-electron chi connectivity index (χ1n) is 16.8. The number of anilines is 1. The molecule has 8 heteroatoms. The Hall–Kier alpha value is -3.71. The molecule has 3 fully saturated rings. The number of benzene rings is 4. The van der Waals surface area contributed by atoms with Crippen LogP contribution >= 0.6 is 11.6 Å². The number of carbonyl (C=O) groups is 1. The highest BCUT2D eigenvalue weighted by Gasteiger charge is 2.45. The number of fused-ring (bicyclic) bond motifs is 6. The molecule has 2 bridgehead atoms. The summed E-state index contributed by atoms with van der Waals surface area (Å²) >= 11 is 6.83. The molecule has 2 aliphatic carbocycles. The third-order valence-electron chi connectivity index (χ3n) is 11.2. The van der Waals surface area contributed by atoms with Crippen LogP contribution in [0.1, 0.15) is 73.6 Å². The molecule has 0 radical (unpaired) electrons. The van der Waals surface area contributed by atoms with Gasteiger partial charge >= 0.3 is 12.1 Å². The number of alkyl halides is 3. The van der Waals surface area contributed by atoms with Gasteiger partial charge in [0.2, 0.25) is 0 Å². The van der Waals surface area contributed by atoms with Gasteiger partial charge in [0.05, 0.1) is 23.0 Å². The van der Waals surface area contributed by atoms with Gasteiger partial charge in [0.1, 0.15) is 5.75 Å². The summed E-state index contributed by atoms with van der Waals surface area (Å²) in [5.74, 6) is -1.69. The predicted octanol–water partition coefficient (Wildman–Crippen LogP) is 9.99. The molecule has 1 saturated carbocycles. The van der Waals surface area contributed by atoms with Gasteiger partial charge in [0.25, 0.3) is 0 Å². The van der Waals surface area contributed by atoms with E-state index in [4.69, 9.17) is 16.3 Å². The molecule has 1 N–H and O–H groups in total. The van der Waals surface area contributed by atoms with E-state index in [-0.39, 0.29) is 36.9 Å². The first-order chi connectivity index (χ1) is 22.6. The van der Waals surface area contributed by atoms with Crippen LogP contribution in [0.25, 0.3) is 21.9 Å². The highest BCUT2D eigenvalue weighted by atomic mass is 35.5. The molecule has 2 atom stereocenters. The average molecular weight is 660 g/mol. The zero-order valence-electron chi connectivity index (χ0n) is 26.0. The number of aliphatic carboxylic acids is 1. The molecular formula is C39H37ClF3NO3. The van der Waals surface area contributed by atoms with Gasteiger partial charge in [0, 0.05) is 29.6 Å². The lowest BCUT2D eigenvalue weighted by Gasteiger charge is -2.41. The fourth-order valence-electron chi connectivity index (χ4n) is 8.88. The van der Waals surface area contributed by atoms with Crippen molar-refractivity contribution < 1.29 is 27.8 Å². The fourth-order valence-corrected chi connectivity index (χ4v) is 9.16. The van der Waals surface area contributed by atoms with Crippen molar-refractivity contribution in [3.05, 3.63) is 94.0 Å². The van der Waals surface area contributed by atoms with Gasteiger partial charge in [-0.2, -0.15) is 13.2 Å². The van der Waals surface area contributed by atoms with Crippen LogP contribution in [0.2, 0.25) is 5.02 Å². The molecule has 2 heterocycles. The summed E-state index contributed by atoms with van der Waals surface area (Å²) in [6.45, 7) is 0. The first-order valence-corrected chi connectivity index (χ1v) is 17.2. The second-order valence-electron chi connectivity index (χ2n) is 14.0. The number of nitrogens with zero attached hydrogens (tertiary/aromatic N) is 1. The fraction of sp³-hybridized carbons (Fsp3) is 0.410. The molecular weight excluding hydrogens is 623 g/mol. The van der Waals surface area contributed by atoms with Gasteiger partial charge in [-0.05, 0) is 103 Å². The zero-order valence-corrected chi connectivity index (χ0v) is 26.8. The van der Waals surface area contributed by atoms with Crippen molar-refractivity contribution in [1.82, 2.24) is 0 Å². The SMILES string of the molecule is O=C(O)C1CC2CCC(C1)N2c1c(Cc2ccc3c(Cl)c(OC4CCC(C(F)(F)F)CC4)ccc3c2)ccc2c1Cc1ccccc1-2. The smallest absolute Gasteiger partial charge is 0.391 e. The van der Waals surface area contributed by atoms with Gasteiger partial charge in [-0.1, -0.05) is 72.3 Å². The van der Waals surface area contributed by atoms with Crippen LogP contribution in [-0.4, -0.2) is 35.4 Å². The standard InChI is InChI=1S/C39H37ClF3NO3/c40-36-32-14-5-22(17-24(32)7-16-35(36)47-30-12-8-27(9-13-30)39(41,42)43)18-25-6-15-33-31-4-2-1-3-23(31)21-34(33)37(25)44-28-10-11-29(44)20-26(19-28)38(45)46/h1-7,14-17,26-30H,8-13,18-21H2,(H,45,46). The van der Waals surface area contributed by atoms with E-state index in [9.17, 15) is 23.1 Å². The summed E-state index contributed by atoms with van der Waals surface area (Å²) in [7, 11) is 0. The molecule has 4 aliphatic rings. The van der Waals surface area contributed by atoms with Crippen LogP contribution in [0.15, 0.2) is 66.7 Å². The Bertz CT molecular complexity index is 1850. The second kappa shape index (κ2) is 11.8. The Morgan fingerprint density at radius 2 is 1.64 bits per heavy atom. The number of rotatable bonds is 6. The van der Waals surface area contributed by atoms with E-state index in [1.54, 1.807) is 0 Å². The van der Waals surface area contributed by atoms with Crippen molar-refractivity contribution in [2.75, 3.05) is 4.90 Å². The molecule has 2 aliphatic heterocycles. The Morgan fingerprint density at radius 1 is 0.894 bits per heavy atom. The van der Waals surface area contributed by atoms with E-state index < -0.39 is 18.1 Å². The molecule has 8 rings (SSSR count). The molecule has 244 valence electrons. The number of carboxylic acids is 1. The van der Waals surface area contributed by atoms with Gasteiger partial charge in [-0.3, -0.25) is 4.79 Å². The van der Waals surface area contributed by atoms with Crippen molar-refractivity contribution in [2.24, 2.45) is 11.8 Å². The molecule has 4 nitrogen and oxygen atoms in total. The maximum atomic E-state index is 13.1. The van der Waals surface area contributed by atoms with E-state index in [1.807, 2.05) is 18.2 Å². The topological polar surface area (TPSA) is 49.8 Å². The third kappa shape index (κ3) is 5.54. The predicted molar refractivity (Wildman–Crippen MR) is 179 cm³/mol. The highest BCUT2D eigenvalue weighted by molar-refractivity contribution is 6.37. The van der Waals surface area contributed by atoms with Crippen LogP contribution in [0.5, 0.6) is 5.75 Å². The number of hydrogen-bond acceptors (Lipinski definition) is 3. The minimum atomic E-state index is -4.15. The Morgan fingerprint density at radius 3 is 2.36 bits per heavy atom. The summed E-state index contributed by atoms with van der Waals surface area (Å²) in [6, 6.07) is 23.7. The van der Waals surface area contributed by atoms with E-state index in [0.29, 0.717) is 36.5 Å². The van der Waals surface area contributed by atoms with Crippen LogP contribution < -0.4 is 9.64 Å². The lowest BCUT2D eigenvalue weighted by molar-refractivity contribution is -0.185.